The molecule has 1 aromatic rings. The minimum Gasteiger partial charge on any atom is -0.334 e. The summed E-state index contributed by atoms with van der Waals surface area (Å²) in [6.07, 6.45) is 1.05. The molecule has 0 saturated carbocycles. The average molecular weight is 381 g/mol. The molecule has 1 N–H and O–H groups in total. The van der Waals surface area contributed by atoms with E-state index in [9.17, 15) is 13.2 Å². The van der Waals surface area contributed by atoms with Gasteiger partial charge in [0.25, 0.3) is 0 Å². The molecule has 1 saturated heterocycles. The predicted molar refractivity (Wildman–Crippen MR) is 91.9 cm³/mol. The molecule has 1 heterocycles. The number of piperazine rings is 1. The average Bonchev–Trinajstić information content (AvgIpc) is 2.47. The molecule has 0 bridgehead atoms. The van der Waals surface area contributed by atoms with Gasteiger partial charge in [0.05, 0.1) is 55.2 Å². The van der Waals surface area contributed by atoms with E-state index < -0.39 is 10.0 Å². The fourth-order valence-corrected chi connectivity index (χ4v) is 3.73. The molecule has 1 aromatic carbocycles. The quantitative estimate of drug-likeness (QED) is 0.806. The summed E-state index contributed by atoms with van der Waals surface area (Å²) in [4.78, 5) is 15.5. The Bertz CT molecular complexity index is 689. The number of halogens is 2. The number of quaternary nitrogens is 1. The Morgan fingerprint density at radius 3 is 2.48 bits per heavy atom. The van der Waals surface area contributed by atoms with Crippen LogP contribution in [-0.2, 0) is 14.8 Å². The first kappa shape index (κ1) is 18.3. The molecular weight excluding hydrogens is 361 g/mol. The van der Waals surface area contributed by atoms with Crippen LogP contribution in [0.5, 0.6) is 0 Å². The molecule has 23 heavy (non-hydrogen) atoms. The van der Waals surface area contributed by atoms with Gasteiger partial charge in [-0.25, -0.2) is 8.42 Å². The van der Waals surface area contributed by atoms with E-state index in [1.165, 1.54) is 11.0 Å². The summed E-state index contributed by atoms with van der Waals surface area (Å²) in [5.74, 6) is -0.237. The highest BCUT2D eigenvalue weighted by atomic mass is 35.5. The lowest BCUT2D eigenvalue weighted by Crippen LogP contribution is -3.12. The smallest absolute Gasteiger partial charge is 0.243 e. The third-order valence-electron chi connectivity index (χ3n) is 3.85. The fourth-order valence-electron chi connectivity index (χ4n) is 2.43. The standard InChI is InChI=1S/C14H19Cl2N3O3S/c1-17-6-8-18(9-7-17)13(20)10-19(23(2,21)22)12-5-3-4-11(15)14(12)16/h3-5H,6-10H2,1-2H3/p+1. The van der Waals surface area contributed by atoms with Gasteiger partial charge in [-0.05, 0) is 12.1 Å². The summed E-state index contributed by atoms with van der Waals surface area (Å²) < 4.78 is 25.2. The Kier molecular flexibility index (Phi) is 5.78. The van der Waals surface area contributed by atoms with Gasteiger partial charge in [0, 0.05) is 0 Å². The molecular formula is C14H20Cl2N3O3S+. The minimum absolute atomic E-state index is 0.121. The molecule has 9 heteroatoms. The third-order valence-corrected chi connectivity index (χ3v) is 5.78. The first-order valence-electron chi connectivity index (χ1n) is 7.21. The van der Waals surface area contributed by atoms with Crippen LogP contribution in [0, 0.1) is 0 Å². The molecule has 1 amide bonds. The van der Waals surface area contributed by atoms with Crippen LogP contribution in [0.4, 0.5) is 5.69 Å². The Morgan fingerprint density at radius 1 is 1.30 bits per heavy atom. The van der Waals surface area contributed by atoms with E-state index in [2.05, 4.69) is 7.05 Å². The van der Waals surface area contributed by atoms with Gasteiger partial charge in [-0.3, -0.25) is 9.10 Å². The van der Waals surface area contributed by atoms with Crippen molar-refractivity contribution < 1.29 is 18.1 Å². The van der Waals surface area contributed by atoms with Crippen LogP contribution < -0.4 is 9.21 Å². The number of carbonyl (C=O) groups excluding carboxylic acids is 1. The van der Waals surface area contributed by atoms with Gasteiger partial charge in [-0.1, -0.05) is 29.3 Å². The number of hydrogen-bond acceptors (Lipinski definition) is 3. The van der Waals surface area contributed by atoms with E-state index in [0.29, 0.717) is 13.1 Å². The number of benzene rings is 1. The van der Waals surface area contributed by atoms with Crippen molar-refractivity contribution in [1.29, 1.82) is 0 Å². The maximum atomic E-state index is 12.5. The molecule has 128 valence electrons. The SMILES string of the molecule is C[NH+]1CCN(C(=O)CN(c2cccc(Cl)c2Cl)S(C)(=O)=O)CC1. The van der Waals surface area contributed by atoms with E-state index in [1.807, 2.05) is 0 Å². The largest absolute Gasteiger partial charge is 0.334 e. The number of sulfonamides is 1. The van der Waals surface area contributed by atoms with Crippen molar-refractivity contribution in [3.63, 3.8) is 0 Å². The number of hydrogen-bond donors (Lipinski definition) is 1. The van der Waals surface area contributed by atoms with E-state index in [4.69, 9.17) is 23.2 Å². The zero-order chi connectivity index (χ0) is 17.2. The normalized spacial score (nSPS) is 16.4. The third kappa shape index (κ3) is 4.50. The summed E-state index contributed by atoms with van der Waals surface area (Å²) in [7, 11) is -1.60. The van der Waals surface area contributed by atoms with Crippen LogP contribution in [0.15, 0.2) is 18.2 Å². The molecule has 1 aliphatic heterocycles. The van der Waals surface area contributed by atoms with Crippen molar-refractivity contribution >= 4 is 44.8 Å². The summed E-state index contributed by atoms with van der Waals surface area (Å²) in [6.45, 7) is 2.65. The number of nitrogens with one attached hydrogen (secondary N) is 1. The van der Waals surface area contributed by atoms with Crippen LogP contribution in [0.25, 0.3) is 0 Å². The van der Waals surface area contributed by atoms with Crippen molar-refractivity contribution in [2.75, 3.05) is 50.3 Å². The van der Waals surface area contributed by atoms with Crippen LogP contribution in [0.1, 0.15) is 0 Å². The van der Waals surface area contributed by atoms with Gasteiger partial charge in [-0.15, -0.1) is 0 Å². The highest BCUT2D eigenvalue weighted by Gasteiger charge is 2.28. The van der Waals surface area contributed by atoms with E-state index in [1.54, 1.807) is 17.0 Å². The highest BCUT2D eigenvalue weighted by molar-refractivity contribution is 7.92. The topological polar surface area (TPSA) is 62.1 Å². The van der Waals surface area contributed by atoms with Crippen molar-refractivity contribution in [3.05, 3.63) is 28.2 Å². The minimum atomic E-state index is -3.66. The van der Waals surface area contributed by atoms with Crippen LogP contribution >= 0.6 is 23.2 Å². The second kappa shape index (κ2) is 7.25. The zero-order valence-electron chi connectivity index (χ0n) is 13.1. The lowest BCUT2D eigenvalue weighted by atomic mass is 10.3. The molecule has 1 fully saturated rings. The Morgan fingerprint density at radius 2 is 1.91 bits per heavy atom. The molecule has 0 radical (unpaired) electrons. The van der Waals surface area contributed by atoms with Gasteiger partial charge in [0.2, 0.25) is 15.9 Å². The monoisotopic (exact) mass is 380 g/mol. The molecule has 0 atom stereocenters. The molecule has 1 aliphatic rings. The Balaban J connectivity index is 2.24. The van der Waals surface area contributed by atoms with Gasteiger partial charge < -0.3 is 9.80 Å². The van der Waals surface area contributed by atoms with Crippen molar-refractivity contribution in [2.24, 2.45) is 0 Å². The van der Waals surface area contributed by atoms with Gasteiger partial charge in [0.15, 0.2) is 0 Å². The molecule has 0 aromatic heterocycles. The lowest BCUT2D eigenvalue weighted by Gasteiger charge is -2.32. The Hall–Kier alpha value is -1.02. The molecule has 2 rings (SSSR count). The summed E-state index contributed by atoms with van der Waals surface area (Å²) in [5.41, 5.74) is 0.217. The number of carbonyl (C=O) groups is 1. The number of rotatable bonds is 4. The van der Waals surface area contributed by atoms with Crippen LogP contribution in [0.2, 0.25) is 10.0 Å². The molecule has 0 unspecified atom stereocenters. The van der Waals surface area contributed by atoms with Gasteiger partial charge >= 0.3 is 0 Å². The second-order valence-electron chi connectivity index (χ2n) is 5.68. The summed E-state index contributed by atoms with van der Waals surface area (Å²) >= 11 is 12.1. The maximum absolute atomic E-state index is 12.5. The summed E-state index contributed by atoms with van der Waals surface area (Å²) in [5, 5.41) is 0.365. The second-order valence-corrected chi connectivity index (χ2v) is 8.37. The molecule has 6 nitrogen and oxygen atoms in total. The number of amides is 1. The van der Waals surface area contributed by atoms with Crippen molar-refractivity contribution in [1.82, 2.24) is 4.90 Å². The van der Waals surface area contributed by atoms with E-state index in [-0.39, 0.29) is 28.2 Å². The predicted octanol–water partition coefficient (Wildman–Crippen LogP) is 0.116. The highest BCUT2D eigenvalue weighted by Crippen LogP contribution is 2.33. The number of anilines is 1. The van der Waals surface area contributed by atoms with Crippen LogP contribution in [0.3, 0.4) is 0 Å². The molecule has 0 aliphatic carbocycles. The Labute approximate surface area is 146 Å². The van der Waals surface area contributed by atoms with E-state index >= 15 is 0 Å². The first-order valence-corrected chi connectivity index (χ1v) is 9.81. The van der Waals surface area contributed by atoms with Gasteiger partial charge in [-0.2, -0.15) is 0 Å². The van der Waals surface area contributed by atoms with E-state index in [0.717, 1.165) is 23.7 Å². The fraction of sp³-hybridized carbons (Fsp3) is 0.500. The van der Waals surface area contributed by atoms with Crippen LogP contribution in [-0.4, -0.2) is 65.3 Å². The number of likely N-dealkylation sites (N-methyl/N-ethyl adjacent to an activating group) is 1. The number of nitrogens with zero attached hydrogens (tertiary/aromatic N) is 2. The lowest BCUT2D eigenvalue weighted by molar-refractivity contribution is -0.883. The maximum Gasteiger partial charge on any atom is 0.243 e. The van der Waals surface area contributed by atoms with Crippen molar-refractivity contribution in [2.45, 2.75) is 0 Å². The molecule has 0 spiro atoms. The zero-order valence-corrected chi connectivity index (χ0v) is 15.4. The van der Waals surface area contributed by atoms with Gasteiger partial charge in [0.1, 0.15) is 6.54 Å². The van der Waals surface area contributed by atoms with Crippen molar-refractivity contribution in [3.8, 4) is 0 Å². The summed E-state index contributed by atoms with van der Waals surface area (Å²) in [6, 6.07) is 4.71. The first-order chi connectivity index (χ1) is 10.7.